The van der Waals surface area contributed by atoms with E-state index < -0.39 is 0 Å². The van der Waals surface area contributed by atoms with Gasteiger partial charge in [-0.05, 0) is 37.1 Å². The SMILES string of the molecule is N=C(N)C1CCCN(Cc2ccc(O)cc2)C1. The number of benzene rings is 1. The molecule has 1 aromatic carbocycles. The fourth-order valence-corrected chi connectivity index (χ4v) is 2.31. The Morgan fingerprint density at radius 2 is 2.12 bits per heavy atom. The Hall–Kier alpha value is -1.55. The maximum absolute atomic E-state index is 9.22. The lowest BCUT2D eigenvalue weighted by Gasteiger charge is -2.32. The Kier molecular flexibility index (Phi) is 3.64. The Balaban J connectivity index is 1.94. The number of nitrogens with zero attached hydrogens (tertiary/aromatic N) is 1. The third-order valence-electron chi connectivity index (χ3n) is 3.29. The van der Waals surface area contributed by atoms with Crippen LogP contribution in [0, 0.1) is 11.3 Å². The number of amidine groups is 1. The lowest BCUT2D eigenvalue weighted by atomic mass is 9.96. The minimum absolute atomic E-state index is 0.209. The zero-order valence-corrected chi connectivity index (χ0v) is 9.89. The molecule has 1 aliphatic heterocycles. The van der Waals surface area contributed by atoms with Gasteiger partial charge in [0.15, 0.2) is 0 Å². The van der Waals surface area contributed by atoms with E-state index in [2.05, 4.69) is 4.90 Å². The molecule has 0 saturated carbocycles. The summed E-state index contributed by atoms with van der Waals surface area (Å²) < 4.78 is 0. The van der Waals surface area contributed by atoms with Gasteiger partial charge in [0.25, 0.3) is 0 Å². The first-order chi connectivity index (χ1) is 8.15. The molecule has 4 N–H and O–H groups in total. The van der Waals surface area contributed by atoms with Crippen molar-refractivity contribution in [2.45, 2.75) is 19.4 Å². The smallest absolute Gasteiger partial charge is 0.115 e. The van der Waals surface area contributed by atoms with Crippen LogP contribution >= 0.6 is 0 Å². The molecule has 0 aliphatic carbocycles. The number of phenolic OH excluding ortho intramolecular Hbond substituents is 1. The van der Waals surface area contributed by atoms with Crippen LogP contribution in [0.2, 0.25) is 0 Å². The minimum atomic E-state index is 0.209. The summed E-state index contributed by atoms with van der Waals surface area (Å²) >= 11 is 0. The van der Waals surface area contributed by atoms with Gasteiger partial charge in [0.05, 0.1) is 5.84 Å². The normalized spacial score (nSPS) is 21.3. The van der Waals surface area contributed by atoms with Gasteiger partial charge in [-0.15, -0.1) is 0 Å². The Morgan fingerprint density at radius 3 is 2.76 bits per heavy atom. The van der Waals surface area contributed by atoms with Crippen molar-refractivity contribution in [1.29, 1.82) is 5.41 Å². The van der Waals surface area contributed by atoms with Crippen molar-refractivity contribution in [3.8, 4) is 5.75 Å². The molecular weight excluding hydrogens is 214 g/mol. The summed E-state index contributed by atoms with van der Waals surface area (Å²) in [6.45, 7) is 2.80. The summed E-state index contributed by atoms with van der Waals surface area (Å²) in [6.07, 6.45) is 2.13. The van der Waals surface area contributed by atoms with E-state index in [0.717, 1.165) is 32.5 Å². The second-order valence-electron chi connectivity index (χ2n) is 4.70. The highest BCUT2D eigenvalue weighted by Gasteiger charge is 2.21. The molecule has 4 nitrogen and oxygen atoms in total. The summed E-state index contributed by atoms with van der Waals surface area (Å²) in [7, 11) is 0. The van der Waals surface area contributed by atoms with Crippen molar-refractivity contribution >= 4 is 5.84 Å². The molecule has 1 fully saturated rings. The molecule has 0 amide bonds. The zero-order valence-electron chi connectivity index (χ0n) is 9.89. The van der Waals surface area contributed by atoms with E-state index in [9.17, 15) is 5.11 Å². The maximum atomic E-state index is 9.22. The van der Waals surface area contributed by atoms with Crippen LogP contribution in [0.1, 0.15) is 18.4 Å². The van der Waals surface area contributed by atoms with Gasteiger partial charge in [0.2, 0.25) is 0 Å². The van der Waals surface area contributed by atoms with E-state index in [1.807, 2.05) is 12.1 Å². The van der Waals surface area contributed by atoms with Gasteiger partial charge in [-0.2, -0.15) is 0 Å². The molecule has 1 saturated heterocycles. The molecule has 1 heterocycles. The van der Waals surface area contributed by atoms with E-state index in [1.165, 1.54) is 5.56 Å². The van der Waals surface area contributed by atoms with Crippen LogP contribution in [0.3, 0.4) is 0 Å². The van der Waals surface area contributed by atoms with Crippen LogP contribution in [0.15, 0.2) is 24.3 Å². The monoisotopic (exact) mass is 233 g/mol. The fraction of sp³-hybridized carbons (Fsp3) is 0.462. The Bertz CT molecular complexity index is 388. The molecule has 1 aliphatic rings. The molecular formula is C13H19N3O. The molecule has 2 rings (SSSR count). The third-order valence-corrected chi connectivity index (χ3v) is 3.29. The topological polar surface area (TPSA) is 73.3 Å². The van der Waals surface area contributed by atoms with Crippen molar-refractivity contribution in [3.05, 3.63) is 29.8 Å². The average Bonchev–Trinajstić information content (AvgIpc) is 2.32. The van der Waals surface area contributed by atoms with Crippen LogP contribution in [0.25, 0.3) is 0 Å². The summed E-state index contributed by atoms with van der Waals surface area (Å²) in [4.78, 5) is 2.32. The van der Waals surface area contributed by atoms with Crippen molar-refractivity contribution in [2.75, 3.05) is 13.1 Å². The molecule has 0 spiro atoms. The lowest BCUT2D eigenvalue weighted by Crippen LogP contribution is -2.40. The zero-order chi connectivity index (χ0) is 12.3. The first-order valence-electron chi connectivity index (χ1n) is 5.99. The van der Waals surface area contributed by atoms with E-state index in [0.29, 0.717) is 11.6 Å². The molecule has 1 unspecified atom stereocenters. The molecule has 0 bridgehead atoms. The van der Waals surface area contributed by atoms with Gasteiger partial charge < -0.3 is 10.8 Å². The van der Waals surface area contributed by atoms with E-state index in [1.54, 1.807) is 12.1 Å². The Morgan fingerprint density at radius 1 is 1.41 bits per heavy atom. The van der Waals surface area contributed by atoms with Crippen molar-refractivity contribution in [2.24, 2.45) is 11.7 Å². The van der Waals surface area contributed by atoms with Gasteiger partial charge in [-0.1, -0.05) is 12.1 Å². The van der Waals surface area contributed by atoms with Crippen LogP contribution in [0.5, 0.6) is 5.75 Å². The molecule has 0 aromatic heterocycles. The number of hydrogen-bond acceptors (Lipinski definition) is 3. The number of piperidine rings is 1. The summed E-state index contributed by atoms with van der Waals surface area (Å²) in [5, 5.41) is 16.7. The molecule has 17 heavy (non-hydrogen) atoms. The second kappa shape index (κ2) is 5.19. The van der Waals surface area contributed by atoms with Gasteiger partial charge in [-0.3, -0.25) is 10.3 Å². The Labute approximate surface area is 102 Å². The predicted octanol–water partition coefficient (Wildman–Crippen LogP) is 1.54. The van der Waals surface area contributed by atoms with E-state index in [4.69, 9.17) is 11.1 Å². The van der Waals surface area contributed by atoms with Crippen molar-refractivity contribution < 1.29 is 5.11 Å². The number of phenols is 1. The number of rotatable bonds is 3. The fourth-order valence-electron chi connectivity index (χ4n) is 2.31. The van der Waals surface area contributed by atoms with Crippen molar-refractivity contribution in [1.82, 2.24) is 4.90 Å². The highest BCUT2D eigenvalue weighted by molar-refractivity contribution is 5.79. The number of nitrogens with two attached hydrogens (primary N) is 1. The summed E-state index contributed by atoms with van der Waals surface area (Å²) in [5.74, 6) is 0.815. The lowest BCUT2D eigenvalue weighted by molar-refractivity contribution is 0.196. The summed E-state index contributed by atoms with van der Waals surface area (Å²) in [5.41, 5.74) is 6.75. The second-order valence-corrected chi connectivity index (χ2v) is 4.70. The van der Waals surface area contributed by atoms with Gasteiger partial charge >= 0.3 is 0 Å². The molecule has 1 aromatic rings. The van der Waals surface area contributed by atoms with Gasteiger partial charge in [0, 0.05) is 19.0 Å². The number of nitrogens with one attached hydrogen (secondary N) is 1. The number of aromatic hydroxyl groups is 1. The molecule has 1 atom stereocenters. The number of likely N-dealkylation sites (tertiary alicyclic amines) is 1. The third kappa shape index (κ3) is 3.20. The molecule has 0 radical (unpaired) electrons. The quantitative estimate of drug-likeness (QED) is 0.547. The van der Waals surface area contributed by atoms with Gasteiger partial charge in [0.1, 0.15) is 5.75 Å². The first kappa shape index (κ1) is 11.9. The van der Waals surface area contributed by atoms with Crippen LogP contribution in [-0.4, -0.2) is 28.9 Å². The largest absolute Gasteiger partial charge is 0.508 e. The van der Waals surface area contributed by atoms with E-state index >= 15 is 0 Å². The minimum Gasteiger partial charge on any atom is -0.508 e. The predicted molar refractivity (Wildman–Crippen MR) is 68.0 cm³/mol. The average molecular weight is 233 g/mol. The van der Waals surface area contributed by atoms with Crippen LogP contribution in [-0.2, 0) is 6.54 Å². The highest BCUT2D eigenvalue weighted by Crippen LogP contribution is 2.19. The first-order valence-corrected chi connectivity index (χ1v) is 5.99. The summed E-state index contributed by atoms with van der Waals surface area (Å²) in [6, 6.07) is 7.29. The van der Waals surface area contributed by atoms with Crippen molar-refractivity contribution in [3.63, 3.8) is 0 Å². The van der Waals surface area contributed by atoms with Crippen LogP contribution < -0.4 is 5.73 Å². The van der Waals surface area contributed by atoms with Crippen LogP contribution in [0.4, 0.5) is 0 Å². The molecule has 4 heteroatoms. The highest BCUT2D eigenvalue weighted by atomic mass is 16.3. The number of hydrogen-bond donors (Lipinski definition) is 3. The standard InChI is InChI=1S/C13H19N3O/c14-13(15)11-2-1-7-16(9-11)8-10-3-5-12(17)6-4-10/h3-6,11,17H,1-2,7-9H2,(H3,14,15). The maximum Gasteiger partial charge on any atom is 0.115 e. The molecule has 92 valence electrons. The van der Waals surface area contributed by atoms with Gasteiger partial charge in [-0.25, -0.2) is 0 Å². The van der Waals surface area contributed by atoms with E-state index in [-0.39, 0.29) is 5.92 Å².